The minimum absolute atomic E-state index is 0.0351. The summed E-state index contributed by atoms with van der Waals surface area (Å²) < 4.78 is 5.16. The van der Waals surface area contributed by atoms with Crippen LogP contribution in [0, 0.1) is 0 Å². The van der Waals surface area contributed by atoms with Crippen LogP contribution in [0.2, 0.25) is 10.0 Å². The molecule has 0 spiro atoms. The van der Waals surface area contributed by atoms with E-state index < -0.39 is 23.0 Å². The van der Waals surface area contributed by atoms with Gasteiger partial charge in [0, 0.05) is 31.1 Å². The van der Waals surface area contributed by atoms with E-state index in [0.29, 0.717) is 49.8 Å². The van der Waals surface area contributed by atoms with Gasteiger partial charge in [-0.05, 0) is 96.8 Å². The Kier molecular flexibility index (Phi) is 12.9. The van der Waals surface area contributed by atoms with Crippen molar-refractivity contribution in [1.29, 1.82) is 0 Å². The number of methoxy groups -OCH3 is 1. The molecule has 0 saturated heterocycles. The van der Waals surface area contributed by atoms with E-state index in [9.17, 15) is 19.2 Å². The van der Waals surface area contributed by atoms with Crippen LogP contribution in [-0.2, 0) is 27.2 Å². The molecule has 54 heavy (non-hydrogen) atoms. The summed E-state index contributed by atoms with van der Waals surface area (Å²) in [4.78, 5) is 55.4. The lowest BCUT2D eigenvalue weighted by atomic mass is 9.83. The molecule has 4 aromatic carbocycles. The van der Waals surface area contributed by atoms with Crippen LogP contribution < -0.4 is 16.0 Å². The normalized spacial score (nSPS) is 14.4. The number of carbonyl (C=O) groups is 4. The molecule has 1 aliphatic carbocycles. The minimum atomic E-state index is -0.580. The van der Waals surface area contributed by atoms with Crippen molar-refractivity contribution in [2.45, 2.75) is 48.7 Å². The van der Waals surface area contributed by atoms with Crippen LogP contribution in [0.4, 0.5) is 10.7 Å². The molecule has 1 heterocycles. The van der Waals surface area contributed by atoms with Crippen molar-refractivity contribution in [1.82, 2.24) is 5.32 Å². The Balaban J connectivity index is 1.18. The molecule has 6 rings (SSSR count). The molecule has 0 aliphatic heterocycles. The Labute approximate surface area is 332 Å². The van der Waals surface area contributed by atoms with Crippen LogP contribution in [0.15, 0.2) is 114 Å². The molecule has 0 radical (unpaired) electrons. The molecule has 0 saturated carbocycles. The van der Waals surface area contributed by atoms with Crippen LogP contribution in [0.5, 0.6) is 0 Å². The lowest BCUT2D eigenvalue weighted by Gasteiger charge is -2.22. The summed E-state index contributed by atoms with van der Waals surface area (Å²) in [6.45, 7) is 1.92. The third-order valence-electron chi connectivity index (χ3n) is 8.99. The number of esters is 1. The fraction of sp³-hybridized carbons (Fsp3) is 0.190. The van der Waals surface area contributed by atoms with E-state index in [1.54, 1.807) is 66.7 Å². The predicted molar refractivity (Wildman–Crippen MR) is 219 cm³/mol. The van der Waals surface area contributed by atoms with E-state index in [1.807, 2.05) is 31.2 Å². The zero-order valence-corrected chi connectivity index (χ0v) is 32.6. The molecule has 276 valence electrons. The highest BCUT2D eigenvalue weighted by Gasteiger charge is 2.32. The summed E-state index contributed by atoms with van der Waals surface area (Å²) in [5.74, 6) is -1.42. The molecule has 12 heteroatoms. The molecule has 5 aromatic rings. The van der Waals surface area contributed by atoms with Crippen molar-refractivity contribution in [3.05, 3.63) is 152 Å². The summed E-state index contributed by atoms with van der Waals surface area (Å²) in [6.07, 6.45) is 4.39. The van der Waals surface area contributed by atoms with E-state index in [-0.39, 0.29) is 11.6 Å². The third-order valence-corrected chi connectivity index (χ3v) is 12.1. The Morgan fingerprint density at radius 1 is 0.926 bits per heavy atom. The second-order valence-electron chi connectivity index (χ2n) is 12.6. The van der Waals surface area contributed by atoms with E-state index >= 15 is 0 Å². The van der Waals surface area contributed by atoms with Gasteiger partial charge in [-0.15, -0.1) is 23.1 Å². The summed E-state index contributed by atoms with van der Waals surface area (Å²) in [5.41, 5.74) is 3.92. The van der Waals surface area contributed by atoms with Crippen LogP contribution >= 0.6 is 46.3 Å². The number of amides is 3. The second-order valence-corrected chi connectivity index (χ2v) is 15.8. The molecule has 2 unspecified atom stereocenters. The van der Waals surface area contributed by atoms with Gasteiger partial charge in [0.05, 0.1) is 17.9 Å². The number of thioether (sulfide) groups is 1. The maximum absolute atomic E-state index is 13.8. The van der Waals surface area contributed by atoms with Crippen LogP contribution in [0.1, 0.15) is 68.0 Å². The number of ether oxygens (including phenoxy) is 1. The number of hydrogen-bond acceptors (Lipinski definition) is 7. The van der Waals surface area contributed by atoms with Gasteiger partial charge in [-0.25, -0.2) is 4.79 Å². The fourth-order valence-corrected chi connectivity index (χ4v) is 9.04. The fourth-order valence-electron chi connectivity index (χ4n) is 6.24. The highest BCUT2D eigenvalue weighted by atomic mass is 35.5. The van der Waals surface area contributed by atoms with Crippen molar-refractivity contribution >= 4 is 86.8 Å². The van der Waals surface area contributed by atoms with Crippen LogP contribution in [0.3, 0.4) is 0 Å². The van der Waals surface area contributed by atoms with Crippen molar-refractivity contribution in [3.63, 3.8) is 0 Å². The Morgan fingerprint density at radius 3 is 2.37 bits per heavy atom. The first-order valence-corrected chi connectivity index (χ1v) is 19.8. The van der Waals surface area contributed by atoms with E-state index in [0.717, 1.165) is 34.6 Å². The van der Waals surface area contributed by atoms with Gasteiger partial charge in [0.2, 0.25) is 5.91 Å². The molecule has 1 aromatic heterocycles. The van der Waals surface area contributed by atoms with Gasteiger partial charge >= 0.3 is 5.97 Å². The van der Waals surface area contributed by atoms with Gasteiger partial charge in [0.25, 0.3) is 11.8 Å². The number of nitrogens with one attached hydrogen (secondary N) is 3. The molecule has 1 aliphatic rings. The average molecular weight is 799 g/mol. The summed E-state index contributed by atoms with van der Waals surface area (Å²) in [7, 11) is 1.35. The molecular formula is C42H37Cl2N3O5S2. The van der Waals surface area contributed by atoms with Gasteiger partial charge in [-0.2, -0.15) is 0 Å². The summed E-state index contributed by atoms with van der Waals surface area (Å²) in [6, 6.07) is 30.8. The number of hydrogen-bond donors (Lipinski definition) is 3. The summed E-state index contributed by atoms with van der Waals surface area (Å²) in [5, 5.41) is 9.36. The first-order valence-electron chi connectivity index (χ1n) is 17.3. The maximum Gasteiger partial charge on any atom is 0.341 e. The monoisotopic (exact) mass is 797 g/mol. The highest BCUT2D eigenvalue weighted by molar-refractivity contribution is 8.00. The quantitative estimate of drug-likeness (QED) is 0.0658. The SMILES string of the molecule is CCC(Sc1cccc(NC(=O)/C(=C\c2ccc(Cl)cc2Cl)NC(=O)c2ccccc2)c1)C(=O)Nc1sc2c(c1C(=O)OC)CCC(c1ccccc1)C2. The molecule has 0 bridgehead atoms. The van der Waals surface area contributed by atoms with Gasteiger partial charge in [-0.1, -0.05) is 90.8 Å². The van der Waals surface area contributed by atoms with Crippen molar-refractivity contribution in [2.24, 2.45) is 0 Å². The number of fused-ring (bicyclic) bond motifs is 1. The molecule has 0 fully saturated rings. The van der Waals surface area contributed by atoms with Crippen LogP contribution in [0.25, 0.3) is 6.08 Å². The van der Waals surface area contributed by atoms with E-state index in [2.05, 4.69) is 28.1 Å². The largest absolute Gasteiger partial charge is 0.465 e. The van der Waals surface area contributed by atoms with Crippen molar-refractivity contribution in [3.8, 4) is 0 Å². The topological polar surface area (TPSA) is 114 Å². The van der Waals surface area contributed by atoms with Gasteiger partial charge in [0.1, 0.15) is 10.7 Å². The van der Waals surface area contributed by atoms with Gasteiger partial charge in [-0.3, -0.25) is 14.4 Å². The molecule has 8 nitrogen and oxygen atoms in total. The Morgan fingerprint density at radius 2 is 1.67 bits per heavy atom. The molecule has 3 amide bonds. The second kappa shape index (κ2) is 18.0. The van der Waals surface area contributed by atoms with Gasteiger partial charge < -0.3 is 20.7 Å². The number of anilines is 2. The van der Waals surface area contributed by atoms with E-state index in [4.69, 9.17) is 27.9 Å². The molecular weight excluding hydrogens is 762 g/mol. The lowest BCUT2D eigenvalue weighted by Crippen LogP contribution is -2.30. The number of benzene rings is 4. The summed E-state index contributed by atoms with van der Waals surface area (Å²) >= 11 is 15.3. The number of rotatable bonds is 12. The number of halogens is 2. The minimum Gasteiger partial charge on any atom is -0.465 e. The molecule has 3 N–H and O–H groups in total. The lowest BCUT2D eigenvalue weighted by molar-refractivity contribution is -0.116. The van der Waals surface area contributed by atoms with Crippen LogP contribution in [-0.4, -0.2) is 36.1 Å². The third kappa shape index (κ3) is 9.43. The smallest absolute Gasteiger partial charge is 0.341 e. The van der Waals surface area contributed by atoms with Gasteiger partial charge in [0.15, 0.2) is 0 Å². The number of thiophene rings is 1. The first-order chi connectivity index (χ1) is 26.1. The average Bonchev–Trinajstić information content (AvgIpc) is 3.54. The molecule has 2 atom stereocenters. The zero-order chi connectivity index (χ0) is 38.2. The number of carbonyl (C=O) groups excluding carboxylic acids is 4. The van der Waals surface area contributed by atoms with E-state index in [1.165, 1.54) is 41.8 Å². The maximum atomic E-state index is 13.8. The predicted octanol–water partition coefficient (Wildman–Crippen LogP) is 10.0. The Hall–Kier alpha value is -4.87. The first kappa shape index (κ1) is 38.8. The van der Waals surface area contributed by atoms with Crippen molar-refractivity contribution in [2.75, 3.05) is 17.7 Å². The highest BCUT2D eigenvalue weighted by Crippen LogP contribution is 2.43. The standard InChI is InChI=1S/C42H37Cl2N3O5S2/c1-3-35(40(50)47-41-37(42(51)52-2)32-20-18-27(22-36(32)54-41)25-11-6-4-7-12-25)53-31-16-10-15-30(24-31)45-39(49)34(21-28-17-19-29(43)23-33(28)44)46-38(48)26-13-8-5-9-14-26/h4-17,19,21,23-24,27,35H,3,18,20,22H2,1-2H3,(H,45,49)(H,46,48)(H,47,50)/b34-21+. The Bertz CT molecular complexity index is 2210. The zero-order valence-electron chi connectivity index (χ0n) is 29.5. The van der Waals surface area contributed by atoms with Crippen molar-refractivity contribution < 1.29 is 23.9 Å².